The van der Waals surface area contributed by atoms with Crippen molar-refractivity contribution in [3.8, 4) is 22.3 Å². The van der Waals surface area contributed by atoms with Gasteiger partial charge in [-0.25, -0.2) is 0 Å². The lowest BCUT2D eigenvalue weighted by atomic mass is 9.90. The minimum atomic E-state index is 0.568. The summed E-state index contributed by atoms with van der Waals surface area (Å²) < 4.78 is 0. The fourth-order valence-electron chi connectivity index (χ4n) is 3.10. The number of hydrogen-bond donors (Lipinski definition) is 0. The first-order chi connectivity index (χ1) is 10.7. The standard InChI is InChI=1S/C22H22/c1-16(2)20-14-13-19(15-17(20)3)22-12-8-7-11-21(22)18-9-5-4-6-10-18/h4-16H,1-3H3. The van der Waals surface area contributed by atoms with Gasteiger partial charge in [-0.2, -0.15) is 0 Å². The zero-order chi connectivity index (χ0) is 15.5. The first kappa shape index (κ1) is 14.6. The third-order valence-corrected chi connectivity index (χ3v) is 4.21. The van der Waals surface area contributed by atoms with Crippen LogP contribution in [-0.2, 0) is 0 Å². The molecular formula is C22H22. The molecule has 0 saturated carbocycles. The van der Waals surface area contributed by atoms with Crippen molar-refractivity contribution in [2.24, 2.45) is 0 Å². The van der Waals surface area contributed by atoms with Crippen LogP contribution in [0.5, 0.6) is 0 Å². The molecule has 0 aliphatic carbocycles. The average molecular weight is 286 g/mol. The molecule has 110 valence electrons. The predicted molar refractivity (Wildman–Crippen MR) is 96.1 cm³/mol. The molecule has 0 radical (unpaired) electrons. The molecule has 0 saturated heterocycles. The van der Waals surface area contributed by atoms with Crippen LogP contribution in [0.3, 0.4) is 0 Å². The van der Waals surface area contributed by atoms with E-state index in [4.69, 9.17) is 0 Å². The van der Waals surface area contributed by atoms with Crippen molar-refractivity contribution in [3.05, 3.63) is 83.9 Å². The molecule has 3 rings (SSSR count). The summed E-state index contributed by atoms with van der Waals surface area (Å²) in [6.07, 6.45) is 0. The van der Waals surface area contributed by atoms with Crippen LogP contribution in [0.15, 0.2) is 72.8 Å². The maximum Gasteiger partial charge on any atom is -0.0105 e. The van der Waals surface area contributed by atoms with Gasteiger partial charge in [-0.1, -0.05) is 86.6 Å². The van der Waals surface area contributed by atoms with Gasteiger partial charge in [0.25, 0.3) is 0 Å². The zero-order valence-corrected chi connectivity index (χ0v) is 13.5. The Bertz CT molecular complexity index is 767. The highest BCUT2D eigenvalue weighted by Crippen LogP contribution is 2.33. The highest BCUT2D eigenvalue weighted by Gasteiger charge is 2.09. The van der Waals surface area contributed by atoms with Crippen molar-refractivity contribution >= 4 is 0 Å². The van der Waals surface area contributed by atoms with Gasteiger partial charge in [-0.05, 0) is 46.2 Å². The molecule has 0 aliphatic heterocycles. The smallest absolute Gasteiger partial charge is 0.0105 e. The van der Waals surface area contributed by atoms with E-state index in [9.17, 15) is 0 Å². The molecule has 3 aromatic carbocycles. The second-order valence-electron chi connectivity index (χ2n) is 6.14. The topological polar surface area (TPSA) is 0 Å². The normalized spacial score (nSPS) is 10.9. The molecule has 0 nitrogen and oxygen atoms in total. The van der Waals surface area contributed by atoms with Gasteiger partial charge in [0.05, 0.1) is 0 Å². The SMILES string of the molecule is Cc1cc(-c2ccccc2-c2ccccc2)ccc1C(C)C. The Balaban J connectivity index is 2.12. The molecule has 0 aliphatic rings. The van der Waals surface area contributed by atoms with Crippen molar-refractivity contribution in [3.63, 3.8) is 0 Å². The highest BCUT2D eigenvalue weighted by molar-refractivity contribution is 5.83. The minimum absolute atomic E-state index is 0.568. The largest absolute Gasteiger partial charge is 0.0622 e. The van der Waals surface area contributed by atoms with Crippen LogP contribution < -0.4 is 0 Å². The lowest BCUT2D eigenvalue weighted by Crippen LogP contribution is -1.93. The first-order valence-corrected chi connectivity index (χ1v) is 7.92. The lowest BCUT2D eigenvalue weighted by molar-refractivity contribution is 0.857. The quantitative estimate of drug-likeness (QED) is 0.519. The molecular weight excluding hydrogens is 264 g/mol. The van der Waals surface area contributed by atoms with E-state index in [0.29, 0.717) is 5.92 Å². The Morgan fingerprint density at radius 3 is 1.82 bits per heavy atom. The number of hydrogen-bond acceptors (Lipinski definition) is 0. The molecule has 0 heterocycles. The summed E-state index contributed by atoms with van der Waals surface area (Å²) in [5.74, 6) is 0.568. The van der Waals surface area contributed by atoms with Crippen LogP contribution in [0, 0.1) is 6.92 Å². The molecule has 0 amide bonds. The maximum absolute atomic E-state index is 2.32. The fourth-order valence-corrected chi connectivity index (χ4v) is 3.10. The van der Waals surface area contributed by atoms with Crippen molar-refractivity contribution in [2.45, 2.75) is 26.7 Å². The summed E-state index contributed by atoms with van der Waals surface area (Å²) in [6.45, 7) is 6.71. The molecule has 22 heavy (non-hydrogen) atoms. The molecule has 0 fully saturated rings. The lowest BCUT2D eigenvalue weighted by Gasteiger charge is -2.14. The summed E-state index contributed by atoms with van der Waals surface area (Å²) >= 11 is 0. The average Bonchev–Trinajstić information content (AvgIpc) is 2.55. The Kier molecular flexibility index (Phi) is 4.11. The van der Waals surface area contributed by atoms with Gasteiger partial charge in [0.15, 0.2) is 0 Å². The van der Waals surface area contributed by atoms with Gasteiger partial charge < -0.3 is 0 Å². The van der Waals surface area contributed by atoms with E-state index < -0.39 is 0 Å². The van der Waals surface area contributed by atoms with E-state index in [1.807, 2.05) is 0 Å². The van der Waals surface area contributed by atoms with E-state index in [2.05, 4.69) is 93.6 Å². The van der Waals surface area contributed by atoms with E-state index in [1.54, 1.807) is 0 Å². The van der Waals surface area contributed by atoms with Crippen molar-refractivity contribution in [1.82, 2.24) is 0 Å². The Morgan fingerprint density at radius 2 is 1.23 bits per heavy atom. The summed E-state index contributed by atoms with van der Waals surface area (Å²) in [6, 6.07) is 26.1. The summed E-state index contributed by atoms with van der Waals surface area (Å²) in [7, 11) is 0. The minimum Gasteiger partial charge on any atom is -0.0622 e. The monoisotopic (exact) mass is 286 g/mol. The van der Waals surface area contributed by atoms with Crippen LogP contribution >= 0.6 is 0 Å². The van der Waals surface area contributed by atoms with Gasteiger partial charge in [-0.15, -0.1) is 0 Å². The van der Waals surface area contributed by atoms with Crippen molar-refractivity contribution in [2.75, 3.05) is 0 Å². The zero-order valence-electron chi connectivity index (χ0n) is 13.5. The van der Waals surface area contributed by atoms with Crippen LogP contribution in [0.4, 0.5) is 0 Å². The molecule has 0 N–H and O–H groups in total. The van der Waals surface area contributed by atoms with Crippen LogP contribution in [0.1, 0.15) is 30.9 Å². The molecule has 0 atom stereocenters. The van der Waals surface area contributed by atoms with Gasteiger partial charge in [0.2, 0.25) is 0 Å². The van der Waals surface area contributed by atoms with Crippen LogP contribution in [0.2, 0.25) is 0 Å². The Labute approximate surface area is 133 Å². The van der Waals surface area contributed by atoms with Crippen molar-refractivity contribution < 1.29 is 0 Å². The van der Waals surface area contributed by atoms with Crippen LogP contribution in [-0.4, -0.2) is 0 Å². The number of benzene rings is 3. The third-order valence-electron chi connectivity index (χ3n) is 4.21. The summed E-state index contributed by atoms with van der Waals surface area (Å²) in [4.78, 5) is 0. The van der Waals surface area contributed by atoms with E-state index >= 15 is 0 Å². The molecule has 0 bridgehead atoms. The van der Waals surface area contributed by atoms with Crippen LogP contribution in [0.25, 0.3) is 22.3 Å². The first-order valence-electron chi connectivity index (χ1n) is 7.92. The van der Waals surface area contributed by atoms with E-state index in [0.717, 1.165) is 0 Å². The molecule has 0 spiro atoms. The fraction of sp³-hybridized carbons (Fsp3) is 0.182. The second kappa shape index (κ2) is 6.19. The van der Waals surface area contributed by atoms with E-state index in [1.165, 1.54) is 33.4 Å². The predicted octanol–water partition coefficient (Wildman–Crippen LogP) is 6.45. The third kappa shape index (κ3) is 2.82. The van der Waals surface area contributed by atoms with Gasteiger partial charge >= 0.3 is 0 Å². The maximum atomic E-state index is 2.32. The number of aryl methyl sites for hydroxylation is 1. The summed E-state index contributed by atoms with van der Waals surface area (Å²) in [5, 5.41) is 0. The molecule has 0 aromatic heterocycles. The summed E-state index contributed by atoms with van der Waals surface area (Å²) in [5.41, 5.74) is 7.95. The molecule has 0 unspecified atom stereocenters. The Hall–Kier alpha value is -2.34. The highest BCUT2D eigenvalue weighted by atomic mass is 14.1. The molecule has 0 heteroatoms. The Morgan fingerprint density at radius 1 is 0.636 bits per heavy atom. The van der Waals surface area contributed by atoms with Crippen molar-refractivity contribution in [1.29, 1.82) is 0 Å². The molecule has 3 aromatic rings. The van der Waals surface area contributed by atoms with Gasteiger partial charge in [-0.3, -0.25) is 0 Å². The second-order valence-corrected chi connectivity index (χ2v) is 6.14. The van der Waals surface area contributed by atoms with E-state index in [-0.39, 0.29) is 0 Å². The van der Waals surface area contributed by atoms with Gasteiger partial charge in [0.1, 0.15) is 0 Å². The number of rotatable bonds is 3. The van der Waals surface area contributed by atoms with Gasteiger partial charge in [0, 0.05) is 0 Å².